The van der Waals surface area contributed by atoms with Gasteiger partial charge in [-0.3, -0.25) is 0 Å². The molecule has 1 saturated carbocycles. The second kappa shape index (κ2) is 5.16. The van der Waals surface area contributed by atoms with Crippen molar-refractivity contribution >= 4 is 5.69 Å². The molecule has 1 saturated heterocycles. The molecule has 0 amide bonds. The zero-order valence-electron chi connectivity index (χ0n) is 12.4. The van der Waals surface area contributed by atoms with Gasteiger partial charge < -0.3 is 10.2 Å². The Hall–Kier alpha value is -1.02. The van der Waals surface area contributed by atoms with Crippen molar-refractivity contribution in [3.8, 4) is 0 Å². The lowest BCUT2D eigenvalue weighted by Crippen LogP contribution is -2.39. The molecule has 2 nitrogen and oxygen atoms in total. The topological polar surface area (TPSA) is 15.3 Å². The highest BCUT2D eigenvalue weighted by Gasteiger charge is 2.39. The first-order valence-electron chi connectivity index (χ1n) is 7.66. The van der Waals surface area contributed by atoms with Crippen LogP contribution in [0.2, 0.25) is 0 Å². The lowest BCUT2D eigenvalue weighted by molar-refractivity contribution is 0.413. The van der Waals surface area contributed by atoms with Crippen molar-refractivity contribution in [2.24, 2.45) is 11.8 Å². The van der Waals surface area contributed by atoms with Gasteiger partial charge in [-0.25, -0.2) is 0 Å². The van der Waals surface area contributed by atoms with Gasteiger partial charge in [-0.05, 0) is 68.3 Å². The van der Waals surface area contributed by atoms with Gasteiger partial charge in [0.05, 0.1) is 0 Å². The molecule has 1 aromatic carbocycles. The third kappa shape index (κ3) is 2.64. The van der Waals surface area contributed by atoms with E-state index in [1.165, 1.54) is 42.6 Å². The molecule has 3 atom stereocenters. The van der Waals surface area contributed by atoms with Crippen LogP contribution < -0.4 is 10.2 Å². The van der Waals surface area contributed by atoms with Crippen molar-refractivity contribution in [2.45, 2.75) is 39.2 Å². The van der Waals surface area contributed by atoms with Gasteiger partial charge in [0.25, 0.3) is 0 Å². The van der Waals surface area contributed by atoms with Crippen molar-refractivity contribution in [1.82, 2.24) is 5.32 Å². The summed E-state index contributed by atoms with van der Waals surface area (Å²) in [6.45, 7) is 6.76. The van der Waals surface area contributed by atoms with Crippen molar-refractivity contribution in [2.75, 3.05) is 25.0 Å². The Kier molecular flexibility index (Phi) is 3.53. The quantitative estimate of drug-likeness (QED) is 0.896. The van der Waals surface area contributed by atoms with Gasteiger partial charge in [0.2, 0.25) is 0 Å². The van der Waals surface area contributed by atoms with Crippen molar-refractivity contribution in [1.29, 1.82) is 0 Å². The van der Waals surface area contributed by atoms with E-state index in [4.69, 9.17) is 0 Å². The van der Waals surface area contributed by atoms with Crippen molar-refractivity contribution in [3.63, 3.8) is 0 Å². The highest BCUT2D eigenvalue weighted by Crippen LogP contribution is 2.38. The predicted molar refractivity (Wildman–Crippen MR) is 81.8 cm³/mol. The summed E-state index contributed by atoms with van der Waals surface area (Å²) in [5.74, 6) is 1.88. The molecule has 3 rings (SSSR count). The van der Waals surface area contributed by atoms with Crippen LogP contribution in [0.15, 0.2) is 18.2 Å². The molecule has 1 N–H and O–H groups in total. The molecule has 0 aromatic heterocycles. The van der Waals surface area contributed by atoms with E-state index in [1.54, 1.807) is 0 Å². The zero-order valence-corrected chi connectivity index (χ0v) is 12.4. The fourth-order valence-electron chi connectivity index (χ4n) is 4.07. The molecule has 2 fully saturated rings. The minimum absolute atomic E-state index is 0.693. The average Bonchev–Trinajstić information content (AvgIpc) is 2.92. The fourth-order valence-corrected chi connectivity index (χ4v) is 4.07. The number of benzene rings is 1. The van der Waals surface area contributed by atoms with Gasteiger partial charge >= 0.3 is 0 Å². The molecule has 0 radical (unpaired) electrons. The minimum Gasteiger partial charge on any atom is -0.373 e. The van der Waals surface area contributed by atoms with Gasteiger partial charge in [-0.1, -0.05) is 12.5 Å². The van der Waals surface area contributed by atoms with Gasteiger partial charge in [0, 0.05) is 25.3 Å². The summed E-state index contributed by atoms with van der Waals surface area (Å²) in [7, 11) is 2.23. The summed E-state index contributed by atoms with van der Waals surface area (Å²) in [5.41, 5.74) is 4.08. The summed E-state index contributed by atoms with van der Waals surface area (Å²) in [5, 5.41) is 3.75. The monoisotopic (exact) mass is 258 g/mol. The molecule has 1 aromatic rings. The highest BCUT2D eigenvalue weighted by atomic mass is 15.1. The Morgan fingerprint density at radius 2 is 1.89 bits per heavy atom. The molecule has 3 unspecified atom stereocenters. The Morgan fingerprint density at radius 1 is 1.16 bits per heavy atom. The van der Waals surface area contributed by atoms with Crippen molar-refractivity contribution in [3.05, 3.63) is 29.3 Å². The van der Waals surface area contributed by atoms with E-state index < -0.39 is 0 Å². The summed E-state index contributed by atoms with van der Waals surface area (Å²) in [6, 6.07) is 7.54. The van der Waals surface area contributed by atoms with E-state index in [0.29, 0.717) is 6.04 Å². The first-order valence-corrected chi connectivity index (χ1v) is 7.66. The molecular formula is C17H26N2. The molecule has 1 aliphatic carbocycles. The average molecular weight is 258 g/mol. The minimum atomic E-state index is 0.693. The SMILES string of the molecule is Cc1cc(C)cc(N(C)CC2NCC3CCCC32)c1. The number of nitrogens with one attached hydrogen (secondary N) is 1. The molecule has 1 heterocycles. The van der Waals surface area contributed by atoms with Crippen LogP contribution in [0.4, 0.5) is 5.69 Å². The molecule has 2 aliphatic rings. The largest absolute Gasteiger partial charge is 0.373 e. The number of nitrogens with zero attached hydrogens (tertiary/aromatic N) is 1. The van der Waals surface area contributed by atoms with E-state index in [-0.39, 0.29) is 0 Å². The molecule has 1 aliphatic heterocycles. The Morgan fingerprint density at radius 3 is 2.63 bits per heavy atom. The summed E-state index contributed by atoms with van der Waals surface area (Å²) in [6.07, 6.45) is 4.32. The van der Waals surface area contributed by atoms with E-state index in [1.807, 2.05) is 0 Å². The normalized spacial score (nSPS) is 29.5. The molecule has 0 bridgehead atoms. The van der Waals surface area contributed by atoms with Gasteiger partial charge in [0.1, 0.15) is 0 Å². The molecule has 19 heavy (non-hydrogen) atoms. The van der Waals surface area contributed by atoms with E-state index in [9.17, 15) is 0 Å². The van der Waals surface area contributed by atoms with Gasteiger partial charge in [0.15, 0.2) is 0 Å². The van der Waals surface area contributed by atoms with Crippen LogP contribution in [0, 0.1) is 25.7 Å². The van der Waals surface area contributed by atoms with Crippen LogP contribution >= 0.6 is 0 Å². The zero-order chi connectivity index (χ0) is 13.4. The Labute approximate surface area is 117 Å². The first kappa shape index (κ1) is 13.0. The summed E-state index contributed by atoms with van der Waals surface area (Å²) in [4.78, 5) is 2.43. The molecule has 0 spiro atoms. The van der Waals surface area contributed by atoms with Crippen LogP contribution in [0.3, 0.4) is 0 Å². The maximum absolute atomic E-state index is 3.75. The van der Waals surface area contributed by atoms with Crippen LogP contribution in [-0.2, 0) is 0 Å². The number of hydrogen-bond donors (Lipinski definition) is 1. The second-order valence-electron chi connectivity index (χ2n) is 6.60. The fraction of sp³-hybridized carbons (Fsp3) is 0.647. The predicted octanol–water partition coefficient (Wildman–Crippen LogP) is 3.13. The summed E-state index contributed by atoms with van der Waals surface area (Å²) >= 11 is 0. The third-order valence-corrected chi connectivity index (χ3v) is 4.99. The first-order chi connectivity index (χ1) is 9.13. The van der Waals surface area contributed by atoms with E-state index in [0.717, 1.165) is 18.4 Å². The molecular weight excluding hydrogens is 232 g/mol. The molecule has 2 heteroatoms. The van der Waals surface area contributed by atoms with E-state index in [2.05, 4.69) is 49.3 Å². The number of likely N-dealkylation sites (N-methyl/N-ethyl adjacent to an activating group) is 1. The maximum Gasteiger partial charge on any atom is 0.0369 e. The third-order valence-electron chi connectivity index (χ3n) is 4.99. The lowest BCUT2D eigenvalue weighted by Gasteiger charge is -2.27. The van der Waals surface area contributed by atoms with Crippen molar-refractivity contribution < 1.29 is 0 Å². The van der Waals surface area contributed by atoms with Crippen LogP contribution in [0.25, 0.3) is 0 Å². The number of aryl methyl sites for hydroxylation is 2. The van der Waals surface area contributed by atoms with Gasteiger partial charge in [-0.15, -0.1) is 0 Å². The smallest absolute Gasteiger partial charge is 0.0369 e. The Balaban J connectivity index is 1.69. The Bertz CT molecular complexity index is 434. The molecule has 104 valence electrons. The van der Waals surface area contributed by atoms with Crippen LogP contribution in [0.1, 0.15) is 30.4 Å². The number of rotatable bonds is 3. The lowest BCUT2D eigenvalue weighted by atomic mass is 9.94. The number of anilines is 1. The standard InChI is InChI=1S/C17H26N2/c1-12-7-13(2)9-15(8-12)19(3)11-17-16-6-4-5-14(16)10-18-17/h7-9,14,16-18H,4-6,10-11H2,1-3H3. The van der Waals surface area contributed by atoms with E-state index >= 15 is 0 Å². The van der Waals surface area contributed by atoms with Gasteiger partial charge in [-0.2, -0.15) is 0 Å². The number of hydrogen-bond acceptors (Lipinski definition) is 2. The highest BCUT2D eigenvalue weighted by molar-refractivity contribution is 5.50. The number of fused-ring (bicyclic) bond motifs is 1. The van der Waals surface area contributed by atoms with Crippen LogP contribution in [-0.4, -0.2) is 26.2 Å². The summed E-state index contributed by atoms with van der Waals surface area (Å²) < 4.78 is 0. The van der Waals surface area contributed by atoms with Crippen LogP contribution in [0.5, 0.6) is 0 Å². The maximum atomic E-state index is 3.75. The second-order valence-corrected chi connectivity index (χ2v) is 6.60.